The van der Waals surface area contributed by atoms with Gasteiger partial charge in [-0.3, -0.25) is 9.78 Å². The zero-order valence-electron chi connectivity index (χ0n) is 6.33. The van der Waals surface area contributed by atoms with E-state index in [4.69, 9.17) is 12.2 Å². The maximum atomic E-state index is 11.3. The molecule has 5 heteroatoms. The summed E-state index contributed by atoms with van der Waals surface area (Å²) in [5, 5.41) is 2.59. The van der Waals surface area contributed by atoms with Crippen molar-refractivity contribution in [2.45, 2.75) is 0 Å². The number of thiophene rings is 1. The van der Waals surface area contributed by atoms with Gasteiger partial charge in [0.1, 0.15) is 4.83 Å². The molecule has 0 amide bonds. The van der Waals surface area contributed by atoms with Gasteiger partial charge >= 0.3 is 0 Å². The fourth-order valence-electron chi connectivity index (χ4n) is 1.07. The van der Waals surface area contributed by atoms with E-state index in [-0.39, 0.29) is 5.56 Å². The molecule has 0 aliphatic rings. The first-order chi connectivity index (χ1) is 5.70. The summed E-state index contributed by atoms with van der Waals surface area (Å²) in [5.41, 5.74) is -0.102. The standard InChI is InChI=1S/C7H6N2OS2/c1-9-6-4(2-3-12-6)5(10)8-7(9)11/h2-3H,1H3,(H,8,10,11). The monoisotopic (exact) mass is 198 g/mol. The maximum Gasteiger partial charge on any atom is 0.260 e. The molecule has 0 fully saturated rings. The summed E-state index contributed by atoms with van der Waals surface area (Å²) in [7, 11) is 1.84. The van der Waals surface area contributed by atoms with Crippen LogP contribution >= 0.6 is 23.6 Å². The smallest absolute Gasteiger partial charge is 0.260 e. The van der Waals surface area contributed by atoms with Crippen molar-refractivity contribution in [3.05, 3.63) is 26.6 Å². The lowest BCUT2D eigenvalue weighted by atomic mass is 10.4. The lowest BCUT2D eigenvalue weighted by molar-refractivity contribution is 0.887. The van der Waals surface area contributed by atoms with Crippen LogP contribution in [0.15, 0.2) is 16.2 Å². The van der Waals surface area contributed by atoms with Crippen LogP contribution in [0.3, 0.4) is 0 Å². The van der Waals surface area contributed by atoms with E-state index < -0.39 is 0 Å². The molecular weight excluding hydrogens is 192 g/mol. The Kier molecular flexibility index (Phi) is 1.62. The van der Waals surface area contributed by atoms with Gasteiger partial charge in [-0.15, -0.1) is 11.3 Å². The van der Waals surface area contributed by atoms with Crippen molar-refractivity contribution in [1.82, 2.24) is 9.55 Å². The van der Waals surface area contributed by atoms with Gasteiger partial charge < -0.3 is 4.57 Å². The van der Waals surface area contributed by atoms with Crippen LogP contribution in [0, 0.1) is 4.77 Å². The Hall–Kier alpha value is -0.940. The number of aryl methyl sites for hydroxylation is 1. The van der Waals surface area contributed by atoms with Crippen molar-refractivity contribution in [3.63, 3.8) is 0 Å². The highest BCUT2D eigenvalue weighted by Crippen LogP contribution is 2.15. The molecule has 2 aromatic rings. The van der Waals surface area contributed by atoms with E-state index in [2.05, 4.69) is 4.98 Å². The van der Waals surface area contributed by atoms with E-state index in [1.54, 1.807) is 10.6 Å². The quantitative estimate of drug-likeness (QED) is 0.654. The van der Waals surface area contributed by atoms with Gasteiger partial charge in [-0.2, -0.15) is 0 Å². The molecule has 0 aromatic carbocycles. The van der Waals surface area contributed by atoms with Crippen LogP contribution in [0.4, 0.5) is 0 Å². The van der Waals surface area contributed by atoms with E-state index in [1.807, 2.05) is 12.4 Å². The van der Waals surface area contributed by atoms with Crippen molar-refractivity contribution >= 4 is 33.8 Å². The summed E-state index contributed by atoms with van der Waals surface area (Å²) in [4.78, 5) is 14.8. The average molecular weight is 198 g/mol. The normalized spacial score (nSPS) is 10.8. The number of rotatable bonds is 0. The second-order valence-electron chi connectivity index (χ2n) is 2.46. The van der Waals surface area contributed by atoms with E-state index in [0.717, 1.165) is 4.83 Å². The fourth-order valence-corrected chi connectivity index (χ4v) is 2.19. The number of nitrogens with one attached hydrogen (secondary N) is 1. The highest BCUT2D eigenvalue weighted by Gasteiger charge is 2.02. The third-order valence-corrected chi connectivity index (χ3v) is 3.08. The molecule has 0 aliphatic heterocycles. The molecule has 0 spiro atoms. The minimum Gasteiger partial charge on any atom is -0.313 e. The van der Waals surface area contributed by atoms with Crippen molar-refractivity contribution in [2.75, 3.05) is 0 Å². The largest absolute Gasteiger partial charge is 0.313 e. The Morgan fingerprint density at radius 2 is 2.42 bits per heavy atom. The van der Waals surface area contributed by atoms with Gasteiger partial charge in [-0.25, -0.2) is 0 Å². The molecule has 0 saturated heterocycles. The lowest BCUT2D eigenvalue weighted by Gasteiger charge is -1.98. The number of H-pyrrole nitrogens is 1. The Morgan fingerprint density at radius 3 is 3.17 bits per heavy atom. The van der Waals surface area contributed by atoms with Crippen LogP contribution in [-0.4, -0.2) is 9.55 Å². The summed E-state index contributed by atoms with van der Waals surface area (Å²) >= 11 is 6.47. The van der Waals surface area contributed by atoms with Gasteiger partial charge in [0.2, 0.25) is 0 Å². The highest BCUT2D eigenvalue weighted by atomic mass is 32.1. The first kappa shape index (κ1) is 7.70. The molecule has 62 valence electrons. The summed E-state index contributed by atoms with van der Waals surface area (Å²) in [6.45, 7) is 0. The number of hydrogen-bond donors (Lipinski definition) is 1. The molecule has 0 aliphatic carbocycles. The molecule has 12 heavy (non-hydrogen) atoms. The van der Waals surface area contributed by atoms with E-state index in [0.29, 0.717) is 10.2 Å². The average Bonchev–Trinajstić information content (AvgIpc) is 2.48. The van der Waals surface area contributed by atoms with Gasteiger partial charge in [0.25, 0.3) is 5.56 Å². The predicted octanol–water partition coefficient (Wildman–Crippen LogP) is 1.66. The minimum atomic E-state index is -0.102. The van der Waals surface area contributed by atoms with Gasteiger partial charge in [0.15, 0.2) is 4.77 Å². The first-order valence-corrected chi connectivity index (χ1v) is 4.65. The third-order valence-electron chi connectivity index (χ3n) is 1.72. The number of hydrogen-bond acceptors (Lipinski definition) is 3. The topological polar surface area (TPSA) is 37.8 Å². The molecular formula is C7H6N2OS2. The lowest BCUT2D eigenvalue weighted by Crippen LogP contribution is -2.10. The van der Waals surface area contributed by atoms with Gasteiger partial charge in [0, 0.05) is 7.05 Å². The van der Waals surface area contributed by atoms with Crippen LogP contribution in [0.2, 0.25) is 0 Å². The molecule has 2 rings (SSSR count). The Balaban J connectivity index is 3.18. The summed E-state index contributed by atoms with van der Waals surface area (Å²) in [6.07, 6.45) is 0. The van der Waals surface area contributed by atoms with Gasteiger partial charge in [0.05, 0.1) is 5.39 Å². The van der Waals surface area contributed by atoms with E-state index >= 15 is 0 Å². The van der Waals surface area contributed by atoms with Crippen molar-refractivity contribution in [3.8, 4) is 0 Å². The van der Waals surface area contributed by atoms with Crippen molar-refractivity contribution < 1.29 is 0 Å². The Morgan fingerprint density at radius 1 is 1.67 bits per heavy atom. The van der Waals surface area contributed by atoms with Crippen LogP contribution in [0.1, 0.15) is 0 Å². The number of aromatic nitrogens is 2. The number of aromatic amines is 1. The van der Waals surface area contributed by atoms with Crippen LogP contribution in [0.5, 0.6) is 0 Å². The zero-order valence-corrected chi connectivity index (χ0v) is 7.96. The van der Waals surface area contributed by atoms with E-state index in [9.17, 15) is 4.79 Å². The van der Waals surface area contributed by atoms with Crippen LogP contribution in [-0.2, 0) is 7.05 Å². The molecule has 2 aromatic heterocycles. The Labute approximate surface area is 77.3 Å². The fraction of sp³-hybridized carbons (Fsp3) is 0.143. The SMILES string of the molecule is Cn1c(=S)[nH]c(=O)c2ccsc21. The van der Waals surface area contributed by atoms with Crippen molar-refractivity contribution in [2.24, 2.45) is 7.05 Å². The molecule has 0 atom stereocenters. The summed E-state index contributed by atoms with van der Waals surface area (Å²) in [6, 6.07) is 1.80. The second kappa shape index (κ2) is 2.53. The zero-order chi connectivity index (χ0) is 8.72. The maximum absolute atomic E-state index is 11.3. The van der Waals surface area contributed by atoms with Crippen LogP contribution < -0.4 is 5.56 Å². The van der Waals surface area contributed by atoms with Crippen LogP contribution in [0.25, 0.3) is 10.2 Å². The van der Waals surface area contributed by atoms with Crippen molar-refractivity contribution in [1.29, 1.82) is 0 Å². The summed E-state index contributed by atoms with van der Waals surface area (Å²) in [5.74, 6) is 0. The minimum absolute atomic E-state index is 0.102. The predicted molar refractivity (Wildman–Crippen MR) is 52.3 cm³/mol. The Bertz CT molecular complexity index is 534. The number of fused-ring (bicyclic) bond motifs is 1. The molecule has 2 heterocycles. The second-order valence-corrected chi connectivity index (χ2v) is 3.74. The molecule has 0 radical (unpaired) electrons. The molecule has 0 bridgehead atoms. The molecule has 1 N–H and O–H groups in total. The van der Waals surface area contributed by atoms with E-state index in [1.165, 1.54) is 11.3 Å². The first-order valence-electron chi connectivity index (χ1n) is 3.36. The third kappa shape index (κ3) is 0.937. The summed E-state index contributed by atoms with van der Waals surface area (Å²) < 4.78 is 2.27. The number of nitrogens with zero attached hydrogens (tertiary/aromatic N) is 1. The van der Waals surface area contributed by atoms with Gasteiger partial charge in [-0.05, 0) is 23.7 Å². The highest BCUT2D eigenvalue weighted by molar-refractivity contribution is 7.71. The molecule has 3 nitrogen and oxygen atoms in total. The molecule has 0 unspecified atom stereocenters. The molecule has 0 saturated carbocycles. The van der Waals surface area contributed by atoms with Gasteiger partial charge in [-0.1, -0.05) is 0 Å².